The van der Waals surface area contributed by atoms with Gasteiger partial charge in [-0.1, -0.05) is 30.3 Å². The van der Waals surface area contributed by atoms with Gasteiger partial charge in [-0.05, 0) is 30.5 Å². The van der Waals surface area contributed by atoms with Crippen molar-refractivity contribution in [2.24, 2.45) is 11.7 Å². The quantitative estimate of drug-likeness (QED) is 0.684. The molecule has 0 unspecified atom stereocenters. The maximum absolute atomic E-state index is 13.1. The van der Waals surface area contributed by atoms with Crippen LogP contribution in [0.1, 0.15) is 24.3 Å². The third kappa shape index (κ3) is 3.85. The van der Waals surface area contributed by atoms with Gasteiger partial charge in [0.15, 0.2) is 5.65 Å². The molecule has 0 radical (unpaired) electrons. The first-order valence-corrected chi connectivity index (χ1v) is 10.2. The normalized spacial score (nSPS) is 22.3. The third-order valence-electron chi connectivity index (χ3n) is 6.22. The van der Waals surface area contributed by atoms with E-state index < -0.39 is 0 Å². The van der Waals surface area contributed by atoms with Crippen LogP contribution < -0.4 is 10.6 Å². The van der Waals surface area contributed by atoms with Crippen molar-refractivity contribution in [1.82, 2.24) is 24.7 Å². The van der Waals surface area contributed by atoms with Crippen LogP contribution in [0.5, 0.6) is 0 Å². The molecule has 30 heavy (non-hydrogen) atoms. The Morgan fingerprint density at radius 2 is 1.80 bits per heavy atom. The van der Waals surface area contributed by atoms with Gasteiger partial charge in [0.25, 0.3) is 0 Å². The van der Waals surface area contributed by atoms with Gasteiger partial charge >= 0.3 is 0 Å². The van der Waals surface area contributed by atoms with Crippen LogP contribution in [-0.2, 0) is 4.79 Å². The summed E-state index contributed by atoms with van der Waals surface area (Å²) < 4.78 is 1.68. The summed E-state index contributed by atoms with van der Waals surface area (Å²) >= 11 is 0. The Kier molecular flexibility index (Phi) is 5.87. The molecule has 2 aliphatic rings. The van der Waals surface area contributed by atoms with Crippen molar-refractivity contribution in [3.8, 4) is 0 Å². The number of amides is 1. The molecule has 2 saturated heterocycles. The lowest BCUT2D eigenvalue weighted by molar-refractivity contribution is -0.135. The summed E-state index contributed by atoms with van der Waals surface area (Å²) in [5.41, 5.74) is 8.34. The summed E-state index contributed by atoms with van der Waals surface area (Å²) in [6.45, 7) is 3.00. The van der Waals surface area contributed by atoms with Crippen LogP contribution >= 0.6 is 12.4 Å². The molecule has 9 heteroatoms. The molecule has 2 N–H and O–H groups in total. The molecule has 2 aliphatic heterocycles. The van der Waals surface area contributed by atoms with Crippen LogP contribution in [0.15, 0.2) is 48.8 Å². The second-order valence-electron chi connectivity index (χ2n) is 8.01. The highest BCUT2D eigenvalue weighted by Gasteiger charge is 2.37. The molecule has 2 aromatic heterocycles. The van der Waals surface area contributed by atoms with Crippen molar-refractivity contribution in [3.05, 3.63) is 54.4 Å². The summed E-state index contributed by atoms with van der Waals surface area (Å²) in [7, 11) is 0. The molecule has 3 aromatic rings. The van der Waals surface area contributed by atoms with Crippen LogP contribution in [0.3, 0.4) is 0 Å². The van der Waals surface area contributed by atoms with Crippen molar-refractivity contribution in [3.63, 3.8) is 0 Å². The first-order valence-electron chi connectivity index (χ1n) is 10.2. The first kappa shape index (κ1) is 20.6. The molecule has 0 bridgehead atoms. The van der Waals surface area contributed by atoms with E-state index in [1.165, 1.54) is 5.56 Å². The van der Waals surface area contributed by atoms with E-state index in [-0.39, 0.29) is 36.2 Å². The lowest BCUT2D eigenvalue weighted by atomic mass is 9.94. The van der Waals surface area contributed by atoms with Gasteiger partial charge in [-0.25, -0.2) is 0 Å². The molecule has 2 atom stereocenters. The molecule has 2 fully saturated rings. The summed E-state index contributed by atoms with van der Waals surface area (Å²) in [6, 6.07) is 14.2. The molecular weight excluding hydrogens is 402 g/mol. The lowest BCUT2D eigenvalue weighted by Gasteiger charge is -2.33. The van der Waals surface area contributed by atoms with Crippen molar-refractivity contribution in [1.29, 1.82) is 0 Å². The number of anilines is 1. The molecular formula is C21H26ClN7O. The monoisotopic (exact) mass is 427 g/mol. The second-order valence-corrected chi connectivity index (χ2v) is 8.01. The van der Waals surface area contributed by atoms with Gasteiger partial charge in [-0.15, -0.1) is 27.7 Å². The molecule has 0 aliphatic carbocycles. The largest absolute Gasteiger partial charge is 0.355 e. The fraction of sp³-hybridized carbons (Fsp3) is 0.429. The van der Waals surface area contributed by atoms with E-state index in [2.05, 4.69) is 32.3 Å². The third-order valence-corrected chi connectivity index (χ3v) is 6.22. The molecule has 8 nitrogen and oxygen atoms in total. The second kappa shape index (κ2) is 8.57. The van der Waals surface area contributed by atoms with Crippen LogP contribution in [-0.4, -0.2) is 62.8 Å². The van der Waals surface area contributed by atoms with E-state index in [0.29, 0.717) is 6.54 Å². The van der Waals surface area contributed by atoms with Gasteiger partial charge in [-0.2, -0.15) is 4.52 Å². The van der Waals surface area contributed by atoms with Crippen LogP contribution in [0.2, 0.25) is 0 Å². The zero-order valence-corrected chi connectivity index (χ0v) is 17.5. The Labute approximate surface area is 181 Å². The Balaban J connectivity index is 0.00000218. The Bertz CT molecular complexity index is 1000. The number of hydrogen-bond donors (Lipinski definition) is 1. The van der Waals surface area contributed by atoms with Crippen molar-refractivity contribution >= 4 is 29.8 Å². The fourth-order valence-electron chi connectivity index (χ4n) is 4.56. The number of likely N-dealkylation sites (tertiary alicyclic amines) is 1. The van der Waals surface area contributed by atoms with Crippen molar-refractivity contribution < 1.29 is 4.79 Å². The number of rotatable bonds is 3. The van der Waals surface area contributed by atoms with E-state index in [9.17, 15) is 4.79 Å². The minimum absolute atomic E-state index is 0. The van der Waals surface area contributed by atoms with Gasteiger partial charge < -0.3 is 15.5 Å². The number of aromatic nitrogens is 4. The predicted molar refractivity (Wildman–Crippen MR) is 117 cm³/mol. The number of fused-ring (bicyclic) bond motifs is 1. The Hall–Kier alpha value is -2.71. The van der Waals surface area contributed by atoms with E-state index in [4.69, 9.17) is 5.73 Å². The SMILES string of the molecule is Cl.N[C@@H]1CN(C(=O)C2CCN(c3ccc4nncn4n3)CC2)C[C@H]1c1ccccc1. The smallest absolute Gasteiger partial charge is 0.225 e. The van der Waals surface area contributed by atoms with E-state index >= 15 is 0 Å². The van der Waals surface area contributed by atoms with Gasteiger partial charge in [0, 0.05) is 44.1 Å². The number of benzene rings is 1. The zero-order valence-electron chi connectivity index (χ0n) is 16.7. The number of halogens is 1. The number of nitrogens with two attached hydrogens (primary N) is 1. The maximum Gasteiger partial charge on any atom is 0.225 e. The van der Waals surface area contributed by atoms with E-state index in [1.54, 1.807) is 10.8 Å². The first-order chi connectivity index (χ1) is 14.2. The van der Waals surface area contributed by atoms with E-state index in [0.717, 1.165) is 43.9 Å². The van der Waals surface area contributed by atoms with Crippen LogP contribution in [0, 0.1) is 5.92 Å². The standard InChI is InChI=1S/C21H25N7O.ClH/c22-18-13-27(12-17(18)15-4-2-1-3-5-15)21(29)16-8-10-26(11-9-16)20-7-6-19-24-23-14-28(19)25-20;/h1-7,14,16-18H,8-13,22H2;1H/t17-,18+;/m0./s1. The molecule has 5 rings (SSSR count). The Morgan fingerprint density at radius 1 is 1.03 bits per heavy atom. The molecule has 158 valence electrons. The highest BCUT2D eigenvalue weighted by atomic mass is 35.5. The van der Waals surface area contributed by atoms with Gasteiger partial charge in [-0.3, -0.25) is 4.79 Å². The van der Waals surface area contributed by atoms with Crippen LogP contribution in [0.25, 0.3) is 5.65 Å². The van der Waals surface area contributed by atoms with E-state index in [1.807, 2.05) is 35.2 Å². The zero-order chi connectivity index (χ0) is 19.8. The van der Waals surface area contributed by atoms with Crippen molar-refractivity contribution in [2.45, 2.75) is 24.8 Å². The number of piperidine rings is 1. The van der Waals surface area contributed by atoms with Crippen molar-refractivity contribution in [2.75, 3.05) is 31.1 Å². The lowest BCUT2D eigenvalue weighted by Crippen LogP contribution is -2.42. The average Bonchev–Trinajstić information content (AvgIpc) is 3.40. The predicted octanol–water partition coefficient (Wildman–Crippen LogP) is 1.72. The Morgan fingerprint density at radius 3 is 2.57 bits per heavy atom. The summed E-state index contributed by atoms with van der Waals surface area (Å²) in [6.07, 6.45) is 3.28. The van der Waals surface area contributed by atoms with Gasteiger partial charge in [0.1, 0.15) is 12.1 Å². The summed E-state index contributed by atoms with van der Waals surface area (Å²) in [4.78, 5) is 17.3. The fourth-order valence-corrected chi connectivity index (χ4v) is 4.56. The maximum atomic E-state index is 13.1. The average molecular weight is 428 g/mol. The van der Waals surface area contributed by atoms with Gasteiger partial charge in [0.05, 0.1) is 0 Å². The number of carbonyl (C=O) groups is 1. The van der Waals surface area contributed by atoms with Gasteiger partial charge in [0.2, 0.25) is 5.91 Å². The number of carbonyl (C=O) groups excluding carboxylic acids is 1. The highest BCUT2D eigenvalue weighted by Crippen LogP contribution is 2.30. The minimum atomic E-state index is 0. The molecule has 0 saturated carbocycles. The topological polar surface area (TPSA) is 92.6 Å². The summed E-state index contributed by atoms with van der Waals surface area (Å²) in [5.74, 6) is 1.43. The molecule has 4 heterocycles. The molecule has 0 spiro atoms. The van der Waals surface area contributed by atoms with Crippen LogP contribution in [0.4, 0.5) is 5.82 Å². The highest BCUT2D eigenvalue weighted by molar-refractivity contribution is 5.85. The minimum Gasteiger partial charge on any atom is -0.355 e. The molecule has 1 aromatic carbocycles. The number of hydrogen-bond acceptors (Lipinski definition) is 6. The summed E-state index contributed by atoms with van der Waals surface area (Å²) in [5, 5.41) is 12.4. The number of nitrogens with zero attached hydrogens (tertiary/aromatic N) is 6. The molecule has 1 amide bonds.